The van der Waals surface area contributed by atoms with Crippen molar-refractivity contribution in [2.45, 2.75) is 43.5 Å². The molecule has 4 aromatic rings. The summed E-state index contributed by atoms with van der Waals surface area (Å²) in [6, 6.07) is 22.4. The smallest absolute Gasteiger partial charge is 0.175 e. The molecule has 1 aliphatic heterocycles. The van der Waals surface area contributed by atoms with Gasteiger partial charge in [-0.3, -0.25) is 0 Å². The predicted molar refractivity (Wildman–Crippen MR) is 158 cm³/mol. The van der Waals surface area contributed by atoms with Gasteiger partial charge in [-0.25, -0.2) is 8.42 Å². The summed E-state index contributed by atoms with van der Waals surface area (Å²) in [5.41, 5.74) is 2.34. The van der Waals surface area contributed by atoms with Crippen LogP contribution < -0.4 is 14.8 Å². The first-order valence-electron chi connectivity index (χ1n) is 13.0. The number of piperidine rings is 1. The lowest BCUT2D eigenvalue weighted by atomic mass is 9.98. The second-order valence-electron chi connectivity index (χ2n) is 9.96. The molecule has 0 spiro atoms. The number of hydrogen-bond donors (Lipinski definition) is 2. The number of phenolic OH excluding ortho intramolecular Hbond substituents is 1. The zero-order chi connectivity index (χ0) is 26.7. The second-order valence-corrected chi connectivity index (χ2v) is 11.9. The Labute approximate surface area is 236 Å². The first-order valence-corrected chi connectivity index (χ1v) is 14.9. The monoisotopic (exact) mass is 567 g/mol. The van der Waals surface area contributed by atoms with E-state index >= 15 is 0 Å². The molecule has 1 unspecified atom stereocenters. The average molecular weight is 568 g/mol. The highest BCUT2D eigenvalue weighted by Gasteiger charge is 2.17. The normalized spacial score (nSPS) is 15.5. The molecule has 206 valence electrons. The molecule has 8 heteroatoms. The van der Waals surface area contributed by atoms with Gasteiger partial charge < -0.3 is 19.9 Å². The van der Waals surface area contributed by atoms with E-state index in [9.17, 15) is 13.5 Å². The van der Waals surface area contributed by atoms with Gasteiger partial charge in [0.05, 0.1) is 11.5 Å². The standard InChI is InChI=1S/C31H33NO5S.ClH/c1-21-19-22(7-15-30(21)38(2,34)35)28-13-6-23-20-25(33)8-14-29(23)31(28)37-27-11-9-26(10-12-27)36-18-16-24-5-3-4-17-32-24;/h6-15,19-20,24,32-33H,3-5,16-18H2,1-2H3;1H. The molecule has 1 aliphatic rings. The third kappa shape index (κ3) is 6.85. The first kappa shape index (κ1) is 28.7. The Morgan fingerprint density at radius 3 is 2.41 bits per heavy atom. The van der Waals surface area contributed by atoms with Gasteiger partial charge in [0, 0.05) is 23.2 Å². The lowest BCUT2D eigenvalue weighted by Gasteiger charge is -2.23. The van der Waals surface area contributed by atoms with Crippen molar-refractivity contribution < 1.29 is 23.0 Å². The Morgan fingerprint density at radius 2 is 1.72 bits per heavy atom. The Morgan fingerprint density at radius 1 is 0.949 bits per heavy atom. The second kappa shape index (κ2) is 12.3. The maximum atomic E-state index is 12.1. The number of ether oxygens (including phenoxy) is 2. The highest BCUT2D eigenvalue weighted by Crippen LogP contribution is 2.41. The van der Waals surface area contributed by atoms with Crippen molar-refractivity contribution in [3.8, 4) is 34.1 Å². The lowest BCUT2D eigenvalue weighted by Crippen LogP contribution is -2.35. The summed E-state index contributed by atoms with van der Waals surface area (Å²) in [4.78, 5) is 0.310. The molecule has 1 fully saturated rings. The van der Waals surface area contributed by atoms with Gasteiger partial charge in [0.1, 0.15) is 23.0 Å². The number of benzene rings is 4. The van der Waals surface area contributed by atoms with E-state index in [2.05, 4.69) is 5.32 Å². The molecule has 0 bridgehead atoms. The third-order valence-electron chi connectivity index (χ3n) is 7.03. The van der Waals surface area contributed by atoms with Crippen LogP contribution >= 0.6 is 12.4 Å². The zero-order valence-electron chi connectivity index (χ0n) is 22.1. The van der Waals surface area contributed by atoms with E-state index < -0.39 is 9.84 Å². The van der Waals surface area contributed by atoms with Gasteiger partial charge in [-0.2, -0.15) is 0 Å². The summed E-state index contributed by atoms with van der Waals surface area (Å²) in [5, 5.41) is 15.2. The number of phenols is 1. The molecule has 0 aromatic heterocycles. The fourth-order valence-corrected chi connectivity index (χ4v) is 6.03. The van der Waals surface area contributed by atoms with E-state index in [0.717, 1.165) is 40.6 Å². The van der Waals surface area contributed by atoms with E-state index in [0.29, 0.717) is 34.6 Å². The van der Waals surface area contributed by atoms with E-state index in [1.54, 1.807) is 31.2 Å². The molecule has 1 heterocycles. The third-order valence-corrected chi connectivity index (χ3v) is 8.29. The molecule has 0 radical (unpaired) electrons. The number of nitrogens with one attached hydrogen (secondary N) is 1. The summed E-state index contributed by atoms with van der Waals surface area (Å²) < 4.78 is 36.7. The minimum absolute atomic E-state index is 0. The SMILES string of the molecule is Cc1cc(-c2ccc3cc(O)ccc3c2Oc2ccc(OCCC3CCCCN3)cc2)ccc1S(C)(=O)=O.Cl. The highest BCUT2D eigenvalue weighted by atomic mass is 35.5. The minimum atomic E-state index is -3.32. The van der Waals surface area contributed by atoms with E-state index in [1.165, 1.54) is 25.5 Å². The van der Waals surface area contributed by atoms with Crippen molar-refractivity contribution in [3.63, 3.8) is 0 Å². The number of halogens is 1. The van der Waals surface area contributed by atoms with Gasteiger partial charge in [-0.05, 0) is 104 Å². The molecule has 0 amide bonds. The summed E-state index contributed by atoms with van der Waals surface area (Å²) >= 11 is 0. The largest absolute Gasteiger partial charge is 0.508 e. The van der Waals surface area contributed by atoms with Crippen LogP contribution in [0.1, 0.15) is 31.2 Å². The van der Waals surface area contributed by atoms with Crippen molar-refractivity contribution in [3.05, 3.63) is 78.4 Å². The number of sulfone groups is 1. The predicted octanol–water partition coefficient (Wildman–Crippen LogP) is 7.05. The number of rotatable bonds is 8. The van der Waals surface area contributed by atoms with Crippen molar-refractivity contribution in [2.75, 3.05) is 19.4 Å². The summed E-state index contributed by atoms with van der Waals surface area (Å²) in [6.45, 7) is 3.55. The van der Waals surface area contributed by atoms with Crippen LogP contribution in [0.2, 0.25) is 0 Å². The molecule has 0 saturated carbocycles. The van der Waals surface area contributed by atoms with Gasteiger partial charge in [0.2, 0.25) is 0 Å². The molecule has 6 nitrogen and oxygen atoms in total. The minimum Gasteiger partial charge on any atom is -0.508 e. The van der Waals surface area contributed by atoms with Gasteiger partial charge in [0.25, 0.3) is 0 Å². The molecule has 2 N–H and O–H groups in total. The van der Waals surface area contributed by atoms with Crippen molar-refractivity contribution in [1.82, 2.24) is 5.32 Å². The van der Waals surface area contributed by atoms with Gasteiger partial charge in [-0.15, -0.1) is 12.4 Å². The summed E-state index contributed by atoms with van der Waals surface area (Å²) in [6.07, 6.45) is 5.94. The molecule has 5 rings (SSSR count). The maximum absolute atomic E-state index is 12.1. The van der Waals surface area contributed by atoms with Crippen LogP contribution in [0, 0.1) is 6.92 Å². The van der Waals surface area contributed by atoms with Crippen molar-refractivity contribution >= 4 is 33.0 Å². The zero-order valence-corrected chi connectivity index (χ0v) is 23.8. The van der Waals surface area contributed by atoms with Crippen LogP contribution in [-0.2, 0) is 9.84 Å². The molecule has 4 aromatic carbocycles. The molecule has 39 heavy (non-hydrogen) atoms. The van der Waals surface area contributed by atoms with E-state index in [-0.39, 0.29) is 18.2 Å². The fraction of sp³-hybridized carbons (Fsp3) is 0.290. The van der Waals surface area contributed by atoms with Gasteiger partial charge in [0.15, 0.2) is 9.84 Å². The van der Waals surface area contributed by atoms with Gasteiger partial charge in [-0.1, -0.05) is 24.6 Å². The maximum Gasteiger partial charge on any atom is 0.175 e. The van der Waals surface area contributed by atoms with Crippen LogP contribution in [0.4, 0.5) is 0 Å². The lowest BCUT2D eigenvalue weighted by molar-refractivity contribution is 0.268. The van der Waals surface area contributed by atoms with Crippen LogP contribution in [-0.4, -0.2) is 39.0 Å². The molecule has 0 aliphatic carbocycles. The quantitative estimate of drug-likeness (QED) is 0.237. The van der Waals surface area contributed by atoms with Crippen molar-refractivity contribution in [1.29, 1.82) is 0 Å². The van der Waals surface area contributed by atoms with Gasteiger partial charge >= 0.3 is 0 Å². The van der Waals surface area contributed by atoms with Crippen LogP contribution in [0.3, 0.4) is 0 Å². The Bertz CT molecular complexity index is 1550. The first-order chi connectivity index (χ1) is 18.3. The van der Waals surface area contributed by atoms with Crippen LogP contribution in [0.25, 0.3) is 21.9 Å². The van der Waals surface area contributed by atoms with E-state index in [1.807, 2.05) is 48.5 Å². The number of fused-ring (bicyclic) bond motifs is 1. The number of hydrogen-bond acceptors (Lipinski definition) is 6. The average Bonchev–Trinajstić information content (AvgIpc) is 2.89. The van der Waals surface area contributed by atoms with E-state index in [4.69, 9.17) is 9.47 Å². The summed E-state index contributed by atoms with van der Waals surface area (Å²) in [7, 11) is -3.32. The Kier molecular flexibility index (Phi) is 9.05. The topological polar surface area (TPSA) is 84.9 Å². The highest BCUT2D eigenvalue weighted by molar-refractivity contribution is 7.90. The molecular formula is C31H34ClNO5S. The summed E-state index contributed by atoms with van der Waals surface area (Å²) in [5.74, 6) is 2.25. The Hall–Kier alpha value is -3.26. The van der Waals surface area contributed by atoms with Crippen LogP contribution in [0.15, 0.2) is 77.7 Å². The molecular weight excluding hydrogens is 534 g/mol. The van der Waals surface area contributed by atoms with Crippen molar-refractivity contribution in [2.24, 2.45) is 0 Å². The fourth-order valence-electron chi connectivity index (χ4n) is 5.07. The van der Waals surface area contributed by atoms with Crippen LogP contribution in [0.5, 0.6) is 23.0 Å². The molecule has 1 saturated heterocycles. The Balaban J connectivity index is 0.00000353. The molecule has 1 atom stereocenters. The number of aryl methyl sites for hydroxylation is 1. The number of aromatic hydroxyl groups is 1.